The summed E-state index contributed by atoms with van der Waals surface area (Å²) in [6.07, 6.45) is 2.17. The highest BCUT2D eigenvalue weighted by molar-refractivity contribution is 5.98. The minimum Gasteiger partial charge on any atom is -0.390 e. The molecule has 0 saturated heterocycles. The number of β-amino-alcohol motifs (C(OH)–C–C–N with tert-alkyl or cyclic N) is 1. The Hall–Kier alpha value is -3.07. The summed E-state index contributed by atoms with van der Waals surface area (Å²) >= 11 is 0. The summed E-state index contributed by atoms with van der Waals surface area (Å²) in [5.74, 6) is 0. The molecule has 1 atom stereocenters. The molecule has 3 amide bonds. The minimum absolute atomic E-state index is 0.0868. The number of amides is 3. The molecule has 0 fully saturated rings. The number of carbonyl (C=O) groups is 3. The van der Waals surface area contributed by atoms with E-state index >= 15 is 0 Å². The first-order valence-corrected chi connectivity index (χ1v) is 12.4. The Morgan fingerprint density at radius 3 is 2.33 bits per heavy atom. The molecule has 8 heteroatoms. The Morgan fingerprint density at radius 1 is 1.06 bits per heavy atom. The van der Waals surface area contributed by atoms with Gasteiger partial charge < -0.3 is 14.8 Å². The van der Waals surface area contributed by atoms with Crippen molar-refractivity contribution in [2.45, 2.75) is 38.8 Å². The van der Waals surface area contributed by atoms with Gasteiger partial charge in [0.1, 0.15) is 6.29 Å². The smallest absolute Gasteiger partial charge is 0.331 e. The van der Waals surface area contributed by atoms with E-state index in [0.29, 0.717) is 38.0 Å². The van der Waals surface area contributed by atoms with E-state index in [1.807, 2.05) is 69.4 Å². The van der Waals surface area contributed by atoms with Gasteiger partial charge in [0.15, 0.2) is 0 Å². The van der Waals surface area contributed by atoms with Gasteiger partial charge in [-0.15, -0.1) is 0 Å². The average molecular weight is 497 g/mol. The maximum absolute atomic E-state index is 13.2. The van der Waals surface area contributed by atoms with E-state index in [9.17, 15) is 19.5 Å². The number of unbranched alkanes of at least 4 members (excludes halogenated alkanes) is 1. The number of anilines is 1. The van der Waals surface area contributed by atoms with E-state index in [1.54, 1.807) is 0 Å². The average Bonchev–Trinajstić information content (AvgIpc) is 2.85. The number of fused-ring (bicyclic) bond motifs is 1. The molecule has 0 aliphatic carbocycles. The normalized spacial score (nSPS) is 13.7. The number of para-hydroxylation sites is 1. The highest BCUT2D eigenvalue weighted by atomic mass is 16.3. The molecule has 0 radical (unpaired) electrons. The molecule has 0 aromatic heterocycles. The second kappa shape index (κ2) is 15.1. The number of rotatable bonds is 10. The molecule has 0 spiro atoms. The SMILES string of the molecule is CN(C)C.Cc1ccccc1N(CCCC=O)C(=O)N(C=O)CC(O)CN1CCc2ccccc2C1. The van der Waals surface area contributed by atoms with E-state index in [4.69, 9.17) is 0 Å². The molecule has 0 bridgehead atoms. The maximum atomic E-state index is 13.2. The van der Waals surface area contributed by atoms with Crippen LogP contribution in [0.1, 0.15) is 29.5 Å². The standard InChI is InChI=1S/C25H31N3O4.C3H9N/c1-20-8-2-5-11-24(20)28(13-6-7-15-29)25(32)27(19-30)18-23(31)17-26-14-12-21-9-3-4-10-22(21)16-26;1-4(2)3/h2-5,8-11,15,19,23,31H,6-7,12-14,16-18H2,1H3;1-3H3. The lowest BCUT2D eigenvalue weighted by Gasteiger charge is -2.32. The fourth-order valence-corrected chi connectivity index (χ4v) is 4.13. The third-order valence-electron chi connectivity index (χ3n) is 5.80. The molecular weight excluding hydrogens is 456 g/mol. The summed E-state index contributed by atoms with van der Waals surface area (Å²) in [5, 5.41) is 10.7. The lowest BCUT2D eigenvalue weighted by Crippen LogP contribution is -2.48. The molecule has 1 unspecified atom stereocenters. The van der Waals surface area contributed by atoms with E-state index in [1.165, 1.54) is 16.0 Å². The lowest BCUT2D eigenvalue weighted by atomic mass is 10.00. The van der Waals surface area contributed by atoms with Crippen molar-refractivity contribution in [1.29, 1.82) is 0 Å². The van der Waals surface area contributed by atoms with Gasteiger partial charge in [0.2, 0.25) is 6.41 Å². The Morgan fingerprint density at radius 2 is 1.69 bits per heavy atom. The molecule has 8 nitrogen and oxygen atoms in total. The monoisotopic (exact) mass is 496 g/mol. The zero-order valence-electron chi connectivity index (χ0n) is 22.0. The van der Waals surface area contributed by atoms with Crippen molar-refractivity contribution < 1.29 is 19.5 Å². The summed E-state index contributed by atoms with van der Waals surface area (Å²) in [4.78, 5) is 42.4. The second-order valence-corrected chi connectivity index (χ2v) is 9.54. The summed E-state index contributed by atoms with van der Waals surface area (Å²) in [6.45, 7) is 4.06. The van der Waals surface area contributed by atoms with Crippen LogP contribution in [0.3, 0.4) is 0 Å². The van der Waals surface area contributed by atoms with Crippen molar-refractivity contribution in [3.05, 3.63) is 65.2 Å². The van der Waals surface area contributed by atoms with Crippen molar-refractivity contribution in [2.75, 3.05) is 52.2 Å². The van der Waals surface area contributed by atoms with Gasteiger partial charge in [-0.25, -0.2) is 4.79 Å². The number of carbonyl (C=O) groups excluding carboxylic acids is 3. The number of aldehydes is 1. The molecule has 196 valence electrons. The fraction of sp³-hybridized carbons (Fsp3) is 0.464. The van der Waals surface area contributed by atoms with Gasteiger partial charge in [-0.05, 0) is 63.7 Å². The van der Waals surface area contributed by atoms with Gasteiger partial charge in [0.25, 0.3) is 0 Å². The quantitative estimate of drug-likeness (QED) is 0.402. The molecule has 2 aromatic carbocycles. The van der Waals surface area contributed by atoms with Crippen molar-refractivity contribution in [2.24, 2.45) is 0 Å². The van der Waals surface area contributed by atoms with E-state index < -0.39 is 12.1 Å². The Kier molecular flexibility index (Phi) is 12.3. The lowest BCUT2D eigenvalue weighted by molar-refractivity contribution is -0.116. The van der Waals surface area contributed by atoms with Crippen molar-refractivity contribution >= 4 is 24.4 Å². The van der Waals surface area contributed by atoms with Crippen LogP contribution in [0.2, 0.25) is 0 Å². The van der Waals surface area contributed by atoms with E-state index in [-0.39, 0.29) is 6.54 Å². The highest BCUT2D eigenvalue weighted by Crippen LogP contribution is 2.22. The largest absolute Gasteiger partial charge is 0.390 e. The van der Waals surface area contributed by atoms with Crippen LogP contribution in [0, 0.1) is 6.92 Å². The zero-order valence-corrected chi connectivity index (χ0v) is 22.0. The van der Waals surface area contributed by atoms with Crippen LogP contribution in [-0.4, -0.2) is 92.0 Å². The molecule has 1 heterocycles. The Bertz CT molecular complexity index is 979. The minimum atomic E-state index is -0.858. The van der Waals surface area contributed by atoms with Crippen molar-refractivity contribution in [3.63, 3.8) is 0 Å². The van der Waals surface area contributed by atoms with Crippen molar-refractivity contribution in [3.8, 4) is 0 Å². The van der Waals surface area contributed by atoms with Crippen LogP contribution in [0.5, 0.6) is 0 Å². The number of aliphatic hydroxyl groups excluding tert-OH is 1. The molecule has 1 aliphatic heterocycles. The first-order valence-electron chi connectivity index (χ1n) is 12.4. The topological polar surface area (TPSA) is 84.4 Å². The Labute approximate surface area is 215 Å². The number of hydrogen-bond acceptors (Lipinski definition) is 6. The van der Waals surface area contributed by atoms with Crippen LogP contribution in [-0.2, 0) is 22.6 Å². The third kappa shape index (κ3) is 9.18. The summed E-state index contributed by atoms with van der Waals surface area (Å²) in [6, 6.07) is 15.2. The first kappa shape index (κ1) is 29.2. The summed E-state index contributed by atoms with van der Waals surface area (Å²) in [5.41, 5.74) is 4.16. The predicted octanol–water partition coefficient (Wildman–Crippen LogP) is 2.96. The number of aliphatic hydroxyl groups is 1. The first-order chi connectivity index (χ1) is 17.3. The highest BCUT2D eigenvalue weighted by Gasteiger charge is 2.26. The van der Waals surface area contributed by atoms with Gasteiger partial charge in [-0.2, -0.15) is 0 Å². The Balaban J connectivity index is 0.00000106. The van der Waals surface area contributed by atoms with Gasteiger partial charge in [-0.1, -0.05) is 42.5 Å². The van der Waals surface area contributed by atoms with Crippen LogP contribution < -0.4 is 4.90 Å². The number of urea groups is 1. The number of imide groups is 1. The predicted molar refractivity (Wildman–Crippen MR) is 143 cm³/mol. The van der Waals surface area contributed by atoms with E-state index in [0.717, 1.165) is 36.3 Å². The van der Waals surface area contributed by atoms with Crippen molar-refractivity contribution in [1.82, 2.24) is 14.7 Å². The number of aryl methyl sites for hydroxylation is 1. The van der Waals surface area contributed by atoms with Gasteiger partial charge in [-0.3, -0.25) is 19.5 Å². The zero-order chi connectivity index (χ0) is 26.5. The maximum Gasteiger partial charge on any atom is 0.331 e. The van der Waals surface area contributed by atoms with Gasteiger partial charge in [0.05, 0.1) is 12.6 Å². The summed E-state index contributed by atoms with van der Waals surface area (Å²) < 4.78 is 0. The van der Waals surface area contributed by atoms with E-state index in [2.05, 4.69) is 17.0 Å². The molecule has 1 aliphatic rings. The molecule has 3 rings (SSSR count). The second-order valence-electron chi connectivity index (χ2n) is 9.54. The van der Waals surface area contributed by atoms with Crippen LogP contribution >= 0.6 is 0 Å². The molecule has 1 N–H and O–H groups in total. The van der Waals surface area contributed by atoms with Gasteiger partial charge >= 0.3 is 6.03 Å². The fourth-order valence-electron chi connectivity index (χ4n) is 4.13. The third-order valence-corrected chi connectivity index (χ3v) is 5.80. The molecular formula is C28H40N4O4. The molecule has 2 aromatic rings. The van der Waals surface area contributed by atoms with Gasteiger partial charge in [0, 0.05) is 38.3 Å². The molecule has 0 saturated carbocycles. The number of benzene rings is 2. The number of hydrogen-bond donors (Lipinski definition) is 1. The van der Waals surface area contributed by atoms with Crippen LogP contribution in [0.15, 0.2) is 48.5 Å². The summed E-state index contributed by atoms with van der Waals surface area (Å²) in [7, 11) is 6.00. The van der Waals surface area contributed by atoms with Crippen LogP contribution in [0.4, 0.5) is 10.5 Å². The number of nitrogens with zero attached hydrogens (tertiary/aromatic N) is 4. The molecule has 36 heavy (non-hydrogen) atoms. The van der Waals surface area contributed by atoms with Crippen LogP contribution in [0.25, 0.3) is 0 Å².